The van der Waals surface area contributed by atoms with Gasteiger partial charge in [-0.3, -0.25) is 9.59 Å². The van der Waals surface area contributed by atoms with Crippen molar-refractivity contribution in [2.45, 2.75) is 32.1 Å². The molecule has 1 aromatic rings. The van der Waals surface area contributed by atoms with Crippen molar-refractivity contribution in [2.24, 2.45) is 29.6 Å². The van der Waals surface area contributed by atoms with Gasteiger partial charge in [0, 0.05) is 19.0 Å². The first-order valence-corrected chi connectivity index (χ1v) is 8.80. The van der Waals surface area contributed by atoms with Crippen LogP contribution in [0.1, 0.15) is 42.7 Å². The minimum absolute atomic E-state index is 0.200. The summed E-state index contributed by atoms with van der Waals surface area (Å²) in [6, 6.07) is 3.31. The predicted molar refractivity (Wildman–Crippen MR) is 84.6 cm³/mol. The van der Waals surface area contributed by atoms with Crippen molar-refractivity contribution >= 4 is 11.8 Å². The smallest absolute Gasteiger partial charge is 0.287 e. The Morgan fingerprint density at radius 2 is 1.65 bits per heavy atom. The third-order valence-electron chi connectivity index (χ3n) is 5.98. The molecule has 1 heterocycles. The van der Waals surface area contributed by atoms with E-state index >= 15 is 0 Å². The molecular formula is C18H24N2O3. The summed E-state index contributed by atoms with van der Waals surface area (Å²) < 4.78 is 5.03. The van der Waals surface area contributed by atoms with Crippen LogP contribution >= 0.6 is 0 Å². The summed E-state index contributed by atoms with van der Waals surface area (Å²) in [5, 5.41) is 5.79. The van der Waals surface area contributed by atoms with Gasteiger partial charge < -0.3 is 15.1 Å². The summed E-state index contributed by atoms with van der Waals surface area (Å²) in [4.78, 5) is 24.3. The molecule has 4 bridgehead atoms. The molecule has 5 nitrogen and oxygen atoms in total. The molecule has 5 rings (SSSR count). The van der Waals surface area contributed by atoms with Gasteiger partial charge in [0.2, 0.25) is 5.91 Å². The van der Waals surface area contributed by atoms with Gasteiger partial charge in [-0.2, -0.15) is 0 Å². The van der Waals surface area contributed by atoms with E-state index in [0.717, 1.165) is 11.8 Å². The summed E-state index contributed by atoms with van der Waals surface area (Å²) in [7, 11) is 0. The number of amides is 2. The van der Waals surface area contributed by atoms with Crippen LogP contribution in [0, 0.1) is 29.6 Å². The van der Waals surface area contributed by atoms with Gasteiger partial charge >= 0.3 is 0 Å². The topological polar surface area (TPSA) is 71.3 Å². The van der Waals surface area contributed by atoms with Crippen LogP contribution in [0.15, 0.2) is 22.8 Å². The van der Waals surface area contributed by atoms with Crippen molar-refractivity contribution in [2.75, 3.05) is 13.1 Å². The first kappa shape index (κ1) is 14.8. The molecule has 124 valence electrons. The first-order chi connectivity index (χ1) is 11.2. The molecule has 0 radical (unpaired) electrons. The molecule has 0 unspecified atom stereocenters. The van der Waals surface area contributed by atoms with Crippen molar-refractivity contribution in [1.82, 2.24) is 10.6 Å². The number of hydrogen-bond donors (Lipinski definition) is 2. The van der Waals surface area contributed by atoms with Crippen molar-refractivity contribution in [1.29, 1.82) is 0 Å². The van der Waals surface area contributed by atoms with Gasteiger partial charge in [-0.25, -0.2) is 0 Å². The lowest BCUT2D eigenvalue weighted by molar-refractivity contribution is -0.138. The zero-order chi connectivity index (χ0) is 15.8. The van der Waals surface area contributed by atoms with E-state index in [-0.39, 0.29) is 17.7 Å². The van der Waals surface area contributed by atoms with E-state index < -0.39 is 0 Å². The molecule has 0 spiro atoms. The number of rotatable bonds is 5. The Hall–Kier alpha value is -1.78. The van der Waals surface area contributed by atoms with E-state index in [2.05, 4.69) is 10.6 Å². The highest BCUT2D eigenvalue weighted by Gasteiger charge is 2.50. The summed E-state index contributed by atoms with van der Waals surface area (Å²) in [6.45, 7) is 0.909. The zero-order valence-corrected chi connectivity index (χ0v) is 13.3. The fourth-order valence-corrected chi connectivity index (χ4v) is 5.33. The third kappa shape index (κ3) is 2.89. The monoisotopic (exact) mass is 316 g/mol. The summed E-state index contributed by atoms with van der Waals surface area (Å²) in [5.41, 5.74) is 0. The maximum Gasteiger partial charge on any atom is 0.287 e. The summed E-state index contributed by atoms with van der Waals surface area (Å²) >= 11 is 0. The van der Waals surface area contributed by atoms with Gasteiger partial charge in [-0.15, -0.1) is 0 Å². The molecular weight excluding hydrogens is 292 g/mol. The Bertz CT molecular complexity index is 553. The lowest BCUT2D eigenvalue weighted by Crippen LogP contribution is -2.51. The van der Waals surface area contributed by atoms with Crippen LogP contribution in [0.4, 0.5) is 0 Å². The van der Waals surface area contributed by atoms with Crippen LogP contribution < -0.4 is 10.6 Å². The number of furan rings is 1. The summed E-state index contributed by atoms with van der Waals surface area (Å²) in [5.74, 6) is 3.45. The first-order valence-electron chi connectivity index (χ1n) is 8.80. The fourth-order valence-electron chi connectivity index (χ4n) is 5.33. The zero-order valence-electron chi connectivity index (χ0n) is 13.3. The predicted octanol–water partition coefficient (Wildman–Crippen LogP) is 2.20. The van der Waals surface area contributed by atoms with E-state index in [1.807, 2.05) is 0 Å². The Kier molecular flexibility index (Phi) is 3.87. The molecule has 4 fully saturated rings. The van der Waals surface area contributed by atoms with Gasteiger partial charge in [0.05, 0.1) is 6.26 Å². The number of carbonyl (C=O) groups excluding carboxylic acids is 2. The Labute approximate surface area is 136 Å². The molecule has 0 aliphatic heterocycles. The molecule has 0 atom stereocenters. The van der Waals surface area contributed by atoms with Crippen LogP contribution in [0.2, 0.25) is 0 Å². The van der Waals surface area contributed by atoms with Crippen molar-refractivity contribution in [3.05, 3.63) is 24.2 Å². The Balaban J connectivity index is 1.24. The highest BCUT2D eigenvalue weighted by atomic mass is 16.3. The largest absolute Gasteiger partial charge is 0.459 e. The second kappa shape index (κ2) is 6.02. The number of nitrogens with one attached hydrogen (secondary N) is 2. The molecule has 4 aliphatic carbocycles. The van der Waals surface area contributed by atoms with Crippen LogP contribution in [-0.2, 0) is 4.79 Å². The average molecular weight is 316 g/mol. The van der Waals surface area contributed by atoms with Crippen LogP contribution in [0.25, 0.3) is 0 Å². The second-order valence-corrected chi connectivity index (χ2v) is 7.48. The van der Waals surface area contributed by atoms with Gasteiger partial charge in [-0.05, 0) is 67.9 Å². The van der Waals surface area contributed by atoms with Gasteiger partial charge in [0.15, 0.2) is 5.76 Å². The highest BCUT2D eigenvalue weighted by Crippen LogP contribution is 2.56. The maximum atomic E-state index is 12.6. The Morgan fingerprint density at radius 3 is 2.26 bits per heavy atom. The SMILES string of the molecule is O=C(NCCNC(=O)C1C2CC3CC(C2)CC1C3)c1ccco1. The van der Waals surface area contributed by atoms with Crippen molar-refractivity contribution < 1.29 is 14.0 Å². The lowest BCUT2D eigenvalue weighted by atomic mass is 9.51. The fraction of sp³-hybridized carbons (Fsp3) is 0.667. The molecule has 23 heavy (non-hydrogen) atoms. The maximum absolute atomic E-state index is 12.6. The van der Waals surface area contributed by atoms with E-state index in [0.29, 0.717) is 30.7 Å². The molecule has 4 saturated carbocycles. The number of hydrogen-bond acceptors (Lipinski definition) is 3. The molecule has 1 aromatic heterocycles. The molecule has 5 heteroatoms. The molecule has 4 aliphatic rings. The molecule has 2 amide bonds. The molecule has 0 saturated heterocycles. The lowest BCUT2D eigenvalue weighted by Gasteiger charge is -2.53. The summed E-state index contributed by atoms with van der Waals surface area (Å²) in [6.07, 6.45) is 7.88. The van der Waals surface area contributed by atoms with E-state index in [1.54, 1.807) is 12.1 Å². The minimum atomic E-state index is -0.237. The standard InChI is InChI=1S/C18H24N2O3/c21-17(15-2-1-5-23-15)19-3-4-20-18(22)16-13-7-11-6-12(9-13)10-14(16)8-11/h1-2,5,11-14,16H,3-4,6-10H2,(H,19,21)(H,20,22). The quantitative estimate of drug-likeness (QED) is 0.818. The minimum Gasteiger partial charge on any atom is -0.459 e. The average Bonchev–Trinajstić information content (AvgIpc) is 3.04. The van der Waals surface area contributed by atoms with E-state index in [1.165, 1.54) is 38.4 Å². The van der Waals surface area contributed by atoms with Crippen LogP contribution in [0.5, 0.6) is 0 Å². The van der Waals surface area contributed by atoms with Crippen LogP contribution in [-0.4, -0.2) is 24.9 Å². The van der Waals surface area contributed by atoms with Crippen LogP contribution in [0.3, 0.4) is 0 Å². The van der Waals surface area contributed by atoms with E-state index in [9.17, 15) is 9.59 Å². The third-order valence-corrected chi connectivity index (χ3v) is 5.98. The van der Waals surface area contributed by atoms with Crippen molar-refractivity contribution in [3.8, 4) is 0 Å². The van der Waals surface area contributed by atoms with Gasteiger partial charge in [0.1, 0.15) is 0 Å². The molecule has 0 aromatic carbocycles. The second-order valence-electron chi connectivity index (χ2n) is 7.48. The molecule has 2 N–H and O–H groups in total. The highest BCUT2D eigenvalue weighted by molar-refractivity contribution is 5.91. The van der Waals surface area contributed by atoms with Gasteiger partial charge in [-0.1, -0.05) is 0 Å². The van der Waals surface area contributed by atoms with E-state index in [4.69, 9.17) is 4.42 Å². The van der Waals surface area contributed by atoms with Crippen molar-refractivity contribution in [3.63, 3.8) is 0 Å². The number of carbonyl (C=O) groups is 2. The van der Waals surface area contributed by atoms with Gasteiger partial charge in [0.25, 0.3) is 5.91 Å². The normalized spacial score (nSPS) is 34.3. The Morgan fingerprint density at radius 1 is 1.00 bits per heavy atom.